The summed E-state index contributed by atoms with van der Waals surface area (Å²) in [6.07, 6.45) is 3.85. The molecule has 0 spiro atoms. The van der Waals surface area contributed by atoms with Crippen molar-refractivity contribution >= 4 is 16.6 Å². The molecule has 0 radical (unpaired) electrons. The molecule has 1 unspecified atom stereocenters. The van der Waals surface area contributed by atoms with Crippen LogP contribution >= 0.6 is 0 Å². The molecule has 0 aromatic heterocycles. The molecule has 1 atom stereocenters. The molecular weight excluding hydrogens is 208 g/mol. The predicted molar refractivity (Wildman–Crippen MR) is 70.0 cm³/mol. The second-order valence-electron chi connectivity index (χ2n) is 4.90. The zero-order valence-corrected chi connectivity index (χ0v) is 9.86. The van der Waals surface area contributed by atoms with Crippen molar-refractivity contribution in [2.24, 2.45) is 5.92 Å². The summed E-state index contributed by atoms with van der Waals surface area (Å²) in [5.74, 6) is 0.721. The highest BCUT2D eigenvalue weighted by Crippen LogP contribution is 2.28. The van der Waals surface area contributed by atoms with Crippen molar-refractivity contribution in [3.63, 3.8) is 0 Å². The second kappa shape index (κ2) is 4.33. The van der Waals surface area contributed by atoms with Crippen LogP contribution in [0.5, 0.6) is 0 Å². The van der Waals surface area contributed by atoms with Crippen LogP contribution in [0.15, 0.2) is 42.5 Å². The Morgan fingerprint density at radius 1 is 1.06 bits per heavy atom. The maximum atomic E-state index is 11.7. The van der Waals surface area contributed by atoms with Crippen molar-refractivity contribution in [1.82, 2.24) is 0 Å². The van der Waals surface area contributed by atoms with Crippen LogP contribution < -0.4 is 0 Å². The number of Topliss-reactive ketones (excluding diaryl/α,β-unsaturated/α-hetero) is 1. The Bertz CT molecular complexity index is 551. The van der Waals surface area contributed by atoms with Crippen LogP contribution in [-0.2, 0) is 11.2 Å². The van der Waals surface area contributed by atoms with Gasteiger partial charge in [-0.3, -0.25) is 4.79 Å². The molecule has 0 saturated heterocycles. The van der Waals surface area contributed by atoms with E-state index >= 15 is 0 Å². The fraction of sp³-hybridized carbons (Fsp3) is 0.312. The Hall–Kier alpha value is -1.63. The Kier molecular flexibility index (Phi) is 2.68. The molecule has 1 nitrogen and oxygen atoms in total. The molecular formula is C16H16O. The van der Waals surface area contributed by atoms with Crippen molar-refractivity contribution in [1.29, 1.82) is 0 Å². The Balaban J connectivity index is 1.97. The summed E-state index contributed by atoms with van der Waals surface area (Å²) < 4.78 is 0. The molecule has 0 bridgehead atoms. The van der Waals surface area contributed by atoms with E-state index in [1.807, 2.05) is 0 Å². The summed E-state index contributed by atoms with van der Waals surface area (Å²) in [4.78, 5) is 11.7. The second-order valence-corrected chi connectivity index (χ2v) is 4.90. The van der Waals surface area contributed by atoms with E-state index in [2.05, 4.69) is 42.5 Å². The van der Waals surface area contributed by atoms with Gasteiger partial charge in [-0.25, -0.2) is 0 Å². The summed E-state index contributed by atoms with van der Waals surface area (Å²) in [6, 6.07) is 14.8. The highest BCUT2D eigenvalue weighted by atomic mass is 16.1. The summed E-state index contributed by atoms with van der Waals surface area (Å²) in [7, 11) is 0. The van der Waals surface area contributed by atoms with Gasteiger partial charge in [0.15, 0.2) is 0 Å². The molecule has 1 fully saturated rings. The number of carbonyl (C=O) groups excluding carboxylic acids is 1. The molecule has 1 saturated carbocycles. The highest BCUT2D eigenvalue weighted by molar-refractivity contribution is 5.87. The zero-order valence-electron chi connectivity index (χ0n) is 9.86. The smallest absolute Gasteiger partial charge is 0.136 e. The lowest BCUT2D eigenvalue weighted by molar-refractivity contribution is -0.120. The lowest BCUT2D eigenvalue weighted by atomic mass is 9.93. The van der Waals surface area contributed by atoms with Crippen LogP contribution in [0.3, 0.4) is 0 Å². The van der Waals surface area contributed by atoms with Gasteiger partial charge in [0, 0.05) is 12.3 Å². The number of ketones is 1. The van der Waals surface area contributed by atoms with Crippen LogP contribution in [0.4, 0.5) is 0 Å². The van der Waals surface area contributed by atoms with Gasteiger partial charge in [-0.15, -0.1) is 0 Å². The molecule has 1 aliphatic carbocycles. The van der Waals surface area contributed by atoms with E-state index in [0.717, 1.165) is 25.7 Å². The van der Waals surface area contributed by atoms with Gasteiger partial charge in [0.2, 0.25) is 0 Å². The number of rotatable bonds is 2. The average Bonchev–Trinajstić information content (AvgIpc) is 2.76. The van der Waals surface area contributed by atoms with Crippen molar-refractivity contribution < 1.29 is 4.79 Å². The lowest BCUT2D eigenvalue weighted by Crippen LogP contribution is -2.09. The molecule has 3 rings (SSSR count). The van der Waals surface area contributed by atoms with Crippen molar-refractivity contribution in [3.05, 3.63) is 48.0 Å². The molecule has 17 heavy (non-hydrogen) atoms. The number of fused-ring (bicyclic) bond motifs is 1. The fourth-order valence-corrected chi connectivity index (χ4v) is 2.84. The van der Waals surface area contributed by atoms with Crippen LogP contribution in [0.2, 0.25) is 0 Å². The molecule has 0 amide bonds. The van der Waals surface area contributed by atoms with Gasteiger partial charge in [-0.1, -0.05) is 42.5 Å². The van der Waals surface area contributed by atoms with Crippen LogP contribution in [0, 0.1) is 5.92 Å². The third kappa shape index (κ3) is 1.97. The highest BCUT2D eigenvalue weighted by Gasteiger charge is 2.24. The molecule has 2 aromatic carbocycles. The topological polar surface area (TPSA) is 17.1 Å². The first kappa shape index (κ1) is 10.5. The molecule has 0 aliphatic heterocycles. The third-order valence-corrected chi connectivity index (χ3v) is 3.78. The van der Waals surface area contributed by atoms with E-state index in [-0.39, 0.29) is 5.92 Å². The van der Waals surface area contributed by atoms with E-state index in [0.29, 0.717) is 5.78 Å². The van der Waals surface area contributed by atoms with Gasteiger partial charge in [-0.2, -0.15) is 0 Å². The van der Waals surface area contributed by atoms with Gasteiger partial charge in [0.05, 0.1) is 0 Å². The Morgan fingerprint density at radius 3 is 2.71 bits per heavy atom. The van der Waals surface area contributed by atoms with Crippen LogP contribution in [-0.4, -0.2) is 5.78 Å². The first-order valence-electron chi connectivity index (χ1n) is 6.34. The van der Waals surface area contributed by atoms with Gasteiger partial charge in [0.1, 0.15) is 5.78 Å². The zero-order chi connectivity index (χ0) is 11.7. The van der Waals surface area contributed by atoms with Crippen molar-refractivity contribution in [3.8, 4) is 0 Å². The molecule has 1 aliphatic rings. The Labute approximate surface area is 101 Å². The summed E-state index contributed by atoms with van der Waals surface area (Å²) >= 11 is 0. The molecule has 2 aromatic rings. The SMILES string of the molecule is O=C1CCCC1Cc1cccc2ccccc12. The summed E-state index contributed by atoms with van der Waals surface area (Å²) in [6.45, 7) is 0. The van der Waals surface area contributed by atoms with E-state index in [1.165, 1.54) is 16.3 Å². The van der Waals surface area contributed by atoms with Gasteiger partial charge in [-0.05, 0) is 35.6 Å². The molecule has 0 N–H and O–H groups in total. The van der Waals surface area contributed by atoms with E-state index in [9.17, 15) is 4.79 Å². The molecule has 0 heterocycles. The largest absolute Gasteiger partial charge is 0.299 e. The molecule has 86 valence electrons. The number of benzene rings is 2. The van der Waals surface area contributed by atoms with Crippen molar-refractivity contribution in [2.75, 3.05) is 0 Å². The monoisotopic (exact) mass is 224 g/mol. The summed E-state index contributed by atoms with van der Waals surface area (Å²) in [5.41, 5.74) is 1.32. The summed E-state index contributed by atoms with van der Waals surface area (Å²) in [5, 5.41) is 2.57. The minimum atomic E-state index is 0.265. The van der Waals surface area contributed by atoms with Gasteiger partial charge >= 0.3 is 0 Å². The lowest BCUT2D eigenvalue weighted by Gasteiger charge is -2.10. The molecule has 1 heteroatoms. The number of carbonyl (C=O) groups is 1. The van der Waals surface area contributed by atoms with E-state index in [1.54, 1.807) is 0 Å². The fourth-order valence-electron chi connectivity index (χ4n) is 2.84. The number of hydrogen-bond donors (Lipinski definition) is 0. The quantitative estimate of drug-likeness (QED) is 0.759. The minimum absolute atomic E-state index is 0.265. The maximum Gasteiger partial charge on any atom is 0.136 e. The normalized spacial score (nSPS) is 20.0. The number of hydrogen-bond acceptors (Lipinski definition) is 1. The third-order valence-electron chi connectivity index (χ3n) is 3.78. The predicted octanol–water partition coefficient (Wildman–Crippen LogP) is 3.75. The first-order valence-corrected chi connectivity index (χ1v) is 6.34. The van der Waals surface area contributed by atoms with E-state index in [4.69, 9.17) is 0 Å². The van der Waals surface area contributed by atoms with Gasteiger partial charge < -0.3 is 0 Å². The first-order chi connectivity index (χ1) is 8.34. The average molecular weight is 224 g/mol. The maximum absolute atomic E-state index is 11.7. The standard InChI is InChI=1S/C16H16O/c17-16-10-4-8-14(16)11-13-7-3-6-12-5-1-2-9-15(12)13/h1-3,5-7,9,14H,4,8,10-11H2. The Morgan fingerprint density at radius 2 is 1.88 bits per heavy atom. The van der Waals surface area contributed by atoms with Crippen LogP contribution in [0.25, 0.3) is 10.8 Å². The van der Waals surface area contributed by atoms with Gasteiger partial charge in [0.25, 0.3) is 0 Å². The minimum Gasteiger partial charge on any atom is -0.299 e. The van der Waals surface area contributed by atoms with Crippen LogP contribution in [0.1, 0.15) is 24.8 Å². The van der Waals surface area contributed by atoms with E-state index < -0.39 is 0 Å². The van der Waals surface area contributed by atoms with Crippen molar-refractivity contribution in [2.45, 2.75) is 25.7 Å².